The lowest BCUT2D eigenvalue weighted by Crippen LogP contribution is -2.33. The van der Waals surface area contributed by atoms with Crippen LogP contribution in [0.3, 0.4) is 0 Å². The average molecular weight is 293 g/mol. The normalized spacial score (nSPS) is 23.6. The van der Waals surface area contributed by atoms with Crippen molar-refractivity contribution >= 4 is 17.5 Å². The molecule has 1 spiro atoms. The second kappa shape index (κ2) is 5.38. The van der Waals surface area contributed by atoms with Crippen LogP contribution in [0.2, 0.25) is 5.02 Å². The van der Waals surface area contributed by atoms with Gasteiger partial charge < -0.3 is 4.90 Å². The molecule has 1 aromatic carbocycles. The average Bonchev–Trinajstić information content (AvgIpc) is 3.16. The second-order valence-electron chi connectivity index (χ2n) is 5.89. The zero-order valence-corrected chi connectivity index (χ0v) is 12.6. The van der Waals surface area contributed by atoms with E-state index in [2.05, 4.69) is 12.2 Å². The minimum absolute atomic E-state index is 0.0134. The third-order valence-corrected chi connectivity index (χ3v) is 4.55. The molecule has 0 bridgehead atoms. The Balaban J connectivity index is 1.81. The highest BCUT2D eigenvalue weighted by atomic mass is 35.5. The molecule has 0 radical (unpaired) electrons. The van der Waals surface area contributed by atoms with Crippen LogP contribution in [0.1, 0.15) is 50.8 Å². The first-order valence-electron chi connectivity index (χ1n) is 7.50. The largest absolute Gasteiger partial charge is 0.321 e. The quantitative estimate of drug-likeness (QED) is 0.843. The first-order chi connectivity index (χ1) is 9.66. The van der Waals surface area contributed by atoms with Gasteiger partial charge in [-0.1, -0.05) is 43.5 Å². The predicted molar refractivity (Wildman–Crippen MR) is 80.5 cm³/mol. The number of carbonyl (C=O) groups is 1. The first kappa shape index (κ1) is 13.9. The van der Waals surface area contributed by atoms with E-state index in [1.165, 1.54) is 12.8 Å². The zero-order valence-electron chi connectivity index (χ0n) is 11.9. The summed E-state index contributed by atoms with van der Waals surface area (Å²) in [5.74, 6) is 0.276. The molecular formula is C16H21ClN2O. The van der Waals surface area contributed by atoms with Crippen molar-refractivity contribution < 1.29 is 4.79 Å². The number of nitrogens with one attached hydrogen (secondary N) is 1. The molecule has 3 rings (SSSR count). The maximum Gasteiger partial charge on any atom is 0.244 e. The lowest BCUT2D eigenvalue weighted by atomic mass is 10.1. The molecule has 1 saturated carbocycles. The summed E-state index contributed by atoms with van der Waals surface area (Å²) in [4.78, 5) is 14.6. The summed E-state index contributed by atoms with van der Waals surface area (Å²) in [6, 6.07) is 7.83. The van der Waals surface area contributed by atoms with Gasteiger partial charge in [-0.2, -0.15) is 0 Å². The highest BCUT2D eigenvalue weighted by Crippen LogP contribution is 2.46. The summed E-state index contributed by atoms with van der Waals surface area (Å²) >= 11 is 6.09. The van der Waals surface area contributed by atoms with Crippen LogP contribution in [-0.4, -0.2) is 22.9 Å². The third kappa shape index (κ3) is 2.45. The number of nitrogens with zero attached hydrogens (tertiary/aromatic N) is 1. The summed E-state index contributed by atoms with van der Waals surface area (Å²) in [7, 11) is 0. The molecule has 2 fully saturated rings. The summed E-state index contributed by atoms with van der Waals surface area (Å²) in [6.45, 7) is 3.01. The SMILES string of the molecule is CCCCCN1C(=O)C2(CC2)NC1c1cccc(Cl)c1. The van der Waals surface area contributed by atoms with E-state index in [0.29, 0.717) is 0 Å². The molecule has 20 heavy (non-hydrogen) atoms. The number of carbonyl (C=O) groups excluding carboxylic acids is 1. The Morgan fingerprint density at radius 1 is 1.40 bits per heavy atom. The van der Waals surface area contributed by atoms with Crippen molar-refractivity contribution in [3.05, 3.63) is 34.9 Å². The molecule has 2 aliphatic rings. The number of amides is 1. The Kier molecular flexibility index (Phi) is 3.74. The molecule has 1 N–H and O–H groups in total. The van der Waals surface area contributed by atoms with Crippen LogP contribution in [0, 0.1) is 0 Å². The van der Waals surface area contributed by atoms with Crippen LogP contribution < -0.4 is 5.32 Å². The van der Waals surface area contributed by atoms with E-state index in [4.69, 9.17) is 11.6 Å². The number of rotatable bonds is 5. The number of hydrogen-bond acceptors (Lipinski definition) is 2. The molecule has 3 nitrogen and oxygen atoms in total. The van der Waals surface area contributed by atoms with Crippen LogP contribution >= 0.6 is 11.6 Å². The molecule has 1 aliphatic heterocycles. The van der Waals surface area contributed by atoms with Gasteiger partial charge in [0.1, 0.15) is 11.7 Å². The van der Waals surface area contributed by atoms with Gasteiger partial charge in [0, 0.05) is 11.6 Å². The number of benzene rings is 1. The van der Waals surface area contributed by atoms with Crippen molar-refractivity contribution in [1.29, 1.82) is 0 Å². The summed E-state index contributed by atoms with van der Waals surface area (Å²) in [6.07, 6.45) is 5.32. The monoisotopic (exact) mass is 292 g/mol. The molecule has 108 valence electrons. The fourth-order valence-electron chi connectivity index (χ4n) is 2.98. The van der Waals surface area contributed by atoms with Gasteiger partial charge in [-0.05, 0) is 37.0 Å². The van der Waals surface area contributed by atoms with Gasteiger partial charge in [-0.15, -0.1) is 0 Å². The van der Waals surface area contributed by atoms with E-state index in [0.717, 1.165) is 36.4 Å². The predicted octanol–water partition coefficient (Wildman–Crippen LogP) is 3.49. The highest BCUT2D eigenvalue weighted by Gasteiger charge is 2.59. The summed E-state index contributed by atoms with van der Waals surface area (Å²) < 4.78 is 0. The summed E-state index contributed by atoms with van der Waals surface area (Å²) in [5.41, 5.74) is 0.824. The maximum absolute atomic E-state index is 12.6. The molecule has 1 heterocycles. The first-order valence-corrected chi connectivity index (χ1v) is 7.88. The Labute approximate surface area is 125 Å². The smallest absolute Gasteiger partial charge is 0.244 e. The third-order valence-electron chi connectivity index (χ3n) is 4.31. The van der Waals surface area contributed by atoms with Crippen LogP contribution in [0.25, 0.3) is 0 Å². The molecule has 1 unspecified atom stereocenters. The van der Waals surface area contributed by atoms with Crippen molar-refractivity contribution in [3.8, 4) is 0 Å². The van der Waals surface area contributed by atoms with Gasteiger partial charge >= 0.3 is 0 Å². The summed E-state index contributed by atoms with van der Waals surface area (Å²) in [5, 5.41) is 4.25. The van der Waals surface area contributed by atoms with E-state index < -0.39 is 0 Å². The molecule has 1 aliphatic carbocycles. The zero-order chi connectivity index (χ0) is 14.2. The van der Waals surface area contributed by atoms with E-state index in [1.54, 1.807) is 0 Å². The lowest BCUT2D eigenvalue weighted by Gasteiger charge is -2.24. The van der Waals surface area contributed by atoms with Crippen molar-refractivity contribution in [3.63, 3.8) is 0 Å². The van der Waals surface area contributed by atoms with Crippen LogP contribution in [0.4, 0.5) is 0 Å². The molecule has 0 aromatic heterocycles. The molecular weight excluding hydrogens is 272 g/mol. The van der Waals surface area contributed by atoms with Crippen molar-refractivity contribution in [1.82, 2.24) is 10.2 Å². The number of hydrogen-bond donors (Lipinski definition) is 1. The van der Waals surface area contributed by atoms with Gasteiger partial charge in [0.25, 0.3) is 0 Å². The maximum atomic E-state index is 12.6. The van der Waals surface area contributed by atoms with E-state index in [-0.39, 0.29) is 17.6 Å². The van der Waals surface area contributed by atoms with Crippen LogP contribution in [0.5, 0.6) is 0 Å². The minimum atomic E-state index is -0.265. The molecule has 1 aromatic rings. The Morgan fingerprint density at radius 3 is 2.85 bits per heavy atom. The fraction of sp³-hybridized carbons (Fsp3) is 0.562. The Hall–Kier alpha value is -1.06. The molecule has 1 saturated heterocycles. The Bertz CT molecular complexity index is 513. The van der Waals surface area contributed by atoms with Crippen molar-refractivity contribution in [2.75, 3.05) is 6.54 Å². The van der Waals surface area contributed by atoms with Crippen molar-refractivity contribution in [2.45, 2.75) is 50.7 Å². The van der Waals surface area contributed by atoms with E-state index in [9.17, 15) is 4.79 Å². The highest BCUT2D eigenvalue weighted by molar-refractivity contribution is 6.30. The number of halogens is 1. The van der Waals surface area contributed by atoms with Crippen LogP contribution in [0.15, 0.2) is 24.3 Å². The fourth-order valence-corrected chi connectivity index (χ4v) is 3.18. The Morgan fingerprint density at radius 2 is 2.20 bits per heavy atom. The number of unbranched alkanes of at least 4 members (excludes halogenated alkanes) is 2. The van der Waals surface area contributed by atoms with Crippen LogP contribution in [-0.2, 0) is 4.79 Å². The second-order valence-corrected chi connectivity index (χ2v) is 6.33. The minimum Gasteiger partial charge on any atom is -0.321 e. The molecule has 1 atom stereocenters. The van der Waals surface area contributed by atoms with Gasteiger partial charge in [0.05, 0.1) is 0 Å². The molecule has 1 amide bonds. The van der Waals surface area contributed by atoms with Gasteiger partial charge in [0.2, 0.25) is 5.91 Å². The molecule has 4 heteroatoms. The van der Waals surface area contributed by atoms with Crippen molar-refractivity contribution in [2.24, 2.45) is 0 Å². The standard InChI is InChI=1S/C16H21ClN2O/c1-2-3-4-10-19-14(12-6-5-7-13(17)11-12)18-16(8-9-16)15(19)20/h5-7,11,14,18H,2-4,8-10H2,1H3. The van der Waals surface area contributed by atoms with E-state index in [1.807, 2.05) is 29.2 Å². The topological polar surface area (TPSA) is 32.3 Å². The lowest BCUT2D eigenvalue weighted by molar-refractivity contribution is -0.130. The van der Waals surface area contributed by atoms with E-state index >= 15 is 0 Å². The van der Waals surface area contributed by atoms with Gasteiger partial charge in [0.15, 0.2) is 0 Å². The van der Waals surface area contributed by atoms with Gasteiger partial charge in [-0.3, -0.25) is 10.1 Å². The van der Waals surface area contributed by atoms with Gasteiger partial charge in [-0.25, -0.2) is 0 Å².